The minimum Gasteiger partial charge on any atom is -0.494 e. The average molecular weight is 319 g/mol. The van der Waals surface area contributed by atoms with E-state index in [0.717, 1.165) is 38.8 Å². The predicted molar refractivity (Wildman–Crippen MR) is 91.1 cm³/mol. The molecule has 0 aliphatic carbocycles. The second kappa shape index (κ2) is 6.46. The Hall–Kier alpha value is -1.58. The van der Waals surface area contributed by atoms with Gasteiger partial charge in [0.1, 0.15) is 5.75 Å². The minimum atomic E-state index is 0.0746. The number of unbranched alkanes of at least 4 members (excludes halogenated alkanes) is 1. The molecular formula is C17H15ClO2S. The molecule has 3 rings (SSSR count). The van der Waals surface area contributed by atoms with Crippen LogP contribution >= 0.6 is 22.9 Å². The summed E-state index contributed by atoms with van der Waals surface area (Å²) in [4.78, 5) is 12.6. The molecule has 4 heteroatoms. The van der Waals surface area contributed by atoms with Crippen molar-refractivity contribution in [2.75, 3.05) is 12.5 Å². The highest BCUT2D eigenvalue weighted by atomic mass is 35.5. The van der Waals surface area contributed by atoms with Gasteiger partial charge in [-0.1, -0.05) is 12.1 Å². The quantitative estimate of drug-likeness (QED) is 0.383. The molecule has 0 atom stereocenters. The molecule has 0 radical (unpaired) electrons. The number of hydrogen-bond donors (Lipinski definition) is 0. The normalized spacial score (nSPS) is 11.1. The zero-order valence-corrected chi connectivity index (χ0v) is 13.0. The fourth-order valence-corrected chi connectivity index (χ4v) is 3.50. The molecule has 3 aromatic rings. The first-order valence-corrected chi connectivity index (χ1v) is 8.29. The minimum absolute atomic E-state index is 0.0746. The second-order valence-electron chi connectivity index (χ2n) is 4.83. The Morgan fingerprint density at radius 3 is 2.67 bits per heavy atom. The molecule has 0 saturated heterocycles. The summed E-state index contributed by atoms with van der Waals surface area (Å²) < 4.78 is 7.70. The molecule has 0 spiro atoms. The van der Waals surface area contributed by atoms with Gasteiger partial charge in [-0.3, -0.25) is 4.79 Å². The lowest BCUT2D eigenvalue weighted by Gasteiger charge is -2.07. The smallest absolute Gasteiger partial charge is 0.196 e. The van der Waals surface area contributed by atoms with Gasteiger partial charge >= 0.3 is 0 Å². The Labute approximate surface area is 131 Å². The molecule has 0 N–H and O–H groups in total. The van der Waals surface area contributed by atoms with Crippen LogP contribution in [0.4, 0.5) is 0 Å². The van der Waals surface area contributed by atoms with Crippen LogP contribution in [0, 0.1) is 0 Å². The number of benzene rings is 2. The van der Waals surface area contributed by atoms with Crippen LogP contribution in [0.3, 0.4) is 0 Å². The van der Waals surface area contributed by atoms with Crippen molar-refractivity contribution < 1.29 is 4.74 Å². The van der Waals surface area contributed by atoms with Crippen LogP contribution in [0.2, 0.25) is 0 Å². The van der Waals surface area contributed by atoms with Crippen LogP contribution in [0.25, 0.3) is 20.2 Å². The summed E-state index contributed by atoms with van der Waals surface area (Å²) in [5.41, 5.74) is 0.0746. The van der Waals surface area contributed by atoms with E-state index in [1.54, 1.807) is 11.3 Å². The van der Waals surface area contributed by atoms with Gasteiger partial charge in [0.25, 0.3) is 0 Å². The molecule has 0 aliphatic rings. The van der Waals surface area contributed by atoms with E-state index in [-0.39, 0.29) is 5.43 Å². The standard InChI is InChI=1S/C17H15ClO2S/c18-9-3-4-10-20-12-7-8-16-14(11-12)17(19)13-5-1-2-6-15(13)21-16/h1-2,5-8,11H,3-4,9-10H2. The number of ether oxygens (including phenoxy) is 1. The van der Waals surface area contributed by atoms with Crippen LogP contribution < -0.4 is 10.2 Å². The van der Waals surface area contributed by atoms with Gasteiger partial charge in [-0.2, -0.15) is 0 Å². The molecule has 2 nitrogen and oxygen atoms in total. The van der Waals surface area contributed by atoms with Crippen molar-refractivity contribution in [2.45, 2.75) is 12.8 Å². The highest BCUT2D eigenvalue weighted by Crippen LogP contribution is 2.27. The Morgan fingerprint density at radius 2 is 1.81 bits per heavy atom. The van der Waals surface area contributed by atoms with E-state index in [1.807, 2.05) is 42.5 Å². The third-order valence-corrected chi connectivity index (χ3v) is 4.76. The van der Waals surface area contributed by atoms with Gasteiger partial charge in [0.2, 0.25) is 0 Å². The molecule has 1 heterocycles. The monoisotopic (exact) mass is 318 g/mol. The first-order valence-electron chi connectivity index (χ1n) is 6.94. The zero-order chi connectivity index (χ0) is 14.7. The van der Waals surface area contributed by atoms with E-state index in [4.69, 9.17) is 16.3 Å². The van der Waals surface area contributed by atoms with E-state index in [2.05, 4.69) is 0 Å². The maximum Gasteiger partial charge on any atom is 0.196 e. The summed E-state index contributed by atoms with van der Waals surface area (Å²) >= 11 is 7.28. The van der Waals surface area contributed by atoms with E-state index in [0.29, 0.717) is 12.5 Å². The molecule has 0 bridgehead atoms. The molecule has 0 unspecified atom stereocenters. The lowest BCUT2D eigenvalue weighted by atomic mass is 10.2. The Bertz CT molecular complexity index is 826. The lowest BCUT2D eigenvalue weighted by molar-refractivity contribution is 0.310. The first-order chi connectivity index (χ1) is 10.3. The molecule has 0 fully saturated rings. The Kier molecular flexibility index (Phi) is 4.42. The Morgan fingerprint density at radius 1 is 1.00 bits per heavy atom. The summed E-state index contributed by atoms with van der Waals surface area (Å²) in [6.07, 6.45) is 1.86. The second-order valence-corrected chi connectivity index (χ2v) is 6.29. The van der Waals surface area contributed by atoms with Crippen molar-refractivity contribution >= 4 is 43.1 Å². The van der Waals surface area contributed by atoms with E-state index >= 15 is 0 Å². The van der Waals surface area contributed by atoms with Crippen LogP contribution in [0.1, 0.15) is 12.8 Å². The third-order valence-electron chi connectivity index (χ3n) is 3.34. The maximum absolute atomic E-state index is 12.6. The molecule has 1 aromatic heterocycles. The molecule has 0 amide bonds. The van der Waals surface area contributed by atoms with Crippen molar-refractivity contribution in [1.29, 1.82) is 0 Å². The van der Waals surface area contributed by atoms with Gasteiger partial charge in [0.05, 0.1) is 6.61 Å². The van der Waals surface area contributed by atoms with E-state index < -0.39 is 0 Å². The van der Waals surface area contributed by atoms with Crippen molar-refractivity contribution in [2.24, 2.45) is 0 Å². The lowest BCUT2D eigenvalue weighted by Crippen LogP contribution is -2.02. The number of fused-ring (bicyclic) bond motifs is 2. The zero-order valence-electron chi connectivity index (χ0n) is 11.5. The average Bonchev–Trinajstić information content (AvgIpc) is 2.52. The number of rotatable bonds is 5. The largest absolute Gasteiger partial charge is 0.494 e. The SMILES string of the molecule is O=c1c2ccccc2sc2ccc(OCCCCCl)cc12. The summed E-state index contributed by atoms with van der Waals surface area (Å²) in [6.45, 7) is 0.628. The van der Waals surface area contributed by atoms with Crippen LogP contribution in [-0.4, -0.2) is 12.5 Å². The summed E-state index contributed by atoms with van der Waals surface area (Å²) in [7, 11) is 0. The van der Waals surface area contributed by atoms with Gasteiger partial charge in [-0.25, -0.2) is 0 Å². The molecule has 108 valence electrons. The van der Waals surface area contributed by atoms with Crippen molar-refractivity contribution in [3.63, 3.8) is 0 Å². The molecule has 0 aliphatic heterocycles. The summed E-state index contributed by atoms with van der Waals surface area (Å²) in [5.74, 6) is 1.40. The van der Waals surface area contributed by atoms with Crippen LogP contribution in [-0.2, 0) is 0 Å². The fraction of sp³-hybridized carbons (Fsp3) is 0.235. The van der Waals surface area contributed by atoms with Gasteiger partial charge in [0.15, 0.2) is 5.43 Å². The highest BCUT2D eigenvalue weighted by molar-refractivity contribution is 7.24. The topological polar surface area (TPSA) is 26.3 Å². The van der Waals surface area contributed by atoms with E-state index in [9.17, 15) is 4.79 Å². The van der Waals surface area contributed by atoms with Crippen molar-refractivity contribution in [3.05, 3.63) is 52.7 Å². The predicted octanol–water partition coefficient (Wildman–Crippen LogP) is 4.81. The van der Waals surface area contributed by atoms with Gasteiger partial charge < -0.3 is 4.74 Å². The molecule has 21 heavy (non-hydrogen) atoms. The van der Waals surface area contributed by atoms with Gasteiger partial charge in [-0.15, -0.1) is 22.9 Å². The molecule has 2 aromatic carbocycles. The van der Waals surface area contributed by atoms with E-state index in [1.165, 1.54) is 0 Å². The van der Waals surface area contributed by atoms with Crippen LogP contribution in [0.5, 0.6) is 5.75 Å². The molecule has 0 saturated carbocycles. The highest BCUT2D eigenvalue weighted by Gasteiger charge is 2.06. The van der Waals surface area contributed by atoms with Gasteiger partial charge in [-0.05, 0) is 43.2 Å². The van der Waals surface area contributed by atoms with Crippen molar-refractivity contribution in [3.8, 4) is 5.75 Å². The first kappa shape index (κ1) is 14.4. The number of hydrogen-bond acceptors (Lipinski definition) is 3. The summed E-state index contributed by atoms with van der Waals surface area (Å²) in [6, 6.07) is 13.5. The number of alkyl halides is 1. The Balaban J connectivity index is 1.99. The maximum atomic E-state index is 12.6. The van der Waals surface area contributed by atoms with Crippen molar-refractivity contribution in [1.82, 2.24) is 0 Å². The van der Waals surface area contributed by atoms with Gasteiger partial charge in [0, 0.05) is 26.1 Å². The number of halogens is 1. The summed E-state index contributed by atoms with van der Waals surface area (Å²) in [5, 5.41) is 1.50. The molecular weight excluding hydrogens is 304 g/mol. The fourth-order valence-electron chi connectivity index (χ4n) is 2.26. The van der Waals surface area contributed by atoms with Crippen LogP contribution in [0.15, 0.2) is 47.3 Å². The third kappa shape index (κ3) is 3.04.